The first-order chi connectivity index (χ1) is 6.77. The number of hydrogen-bond acceptors (Lipinski definition) is 4. The Kier molecular flexibility index (Phi) is 2.24. The fourth-order valence-electron chi connectivity index (χ4n) is 1.11. The first kappa shape index (κ1) is 8.83. The molecule has 0 aliphatic rings. The van der Waals surface area contributed by atoms with Gasteiger partial charge in [-0.2, -0.15) is 5.10 Å². The van der Waals surface area contributed by atoms with Gasteiger partial charge in [0.1, 0.15) is 5.82 Å². The number of nitrogens with one attached hydrogen (secondary N) is 1. The Hall–Kier alpha value is -1.75. The summed E-state index contributed by atoms with van der Waals surface area (Å²) < 4.78 is 0. The molecule has 0 aliphatic carbocycles. The Morgan fingerprint density at radius 3 is 2.64 bits per heavy atom. The molecule has 5 heteroatoms. The van der Waals surface area contributed by atoms with Crippen LogP contribution in [0.2, 0.25) is 0 Å². The van der Waals surface area contributed by atoms with E-state index in [4.69, 9.17) is 5.73 Å². The second-order valence-electron chi connectivity index (χ2n) is 3.07. The highest BCUT2D eigenvalue weighted by atomic mass is 15.2. The minimum Gasteiger partial charge on any atom is -0.322 e. The highest BCUT2D eigenvalue weighted by molar-refractivity contribution is 5.52. The quantitative estimate of drug-likeness (QED) is 0.735. The molecule has 0 bridgehead atoms. The normalized spacial score (nSPS) is 12.7. The zero-order valence-corrected chi connectivity index (χ0v) is 7.81. The molecule has 2 heterocycles. The van der Waals surface area contributed by atoms with E-state index in [9.17, 15) is 0 Å². The van der Waals surface area contributed by atoms with Gasteiger partial charge >= 0.3 is 0 Å². The van der Waals surface area contributed by atoms with E-state index in [1.807, 2.05) is 19.1 Å². The van der Waals surface area contributed by atoms with Gasteiger partial charge in [0.25, 0.3) is 0 Å². The zero-order valence-electron chi connectivity index (χ0n) is 7.81. The van der Waals surface area contributed by atoms with E-state index >= 15 is 0 Å². The van der Waals surface area contributed by atoms with Gasteiger partial charge in [0.15, 0.2) is 5.82 Å². The zero-order chi connectivity index (χ0) is 9.97. The molecule has 1 atom stereocenters. The number of nitrogens with two attached hydrogens (primary N) is 1. The molecule has 2 aromatic heterocycles. The van der Waals surface area contributed by atoms with Crippen molar-refractivity contribution in [2.45, 2.75) is 13.0 Å². The minimum atomic E-state index is -0.127. The van der Waals surface area contributed by atoms with Crippen LogP contribution in [0.1, 0.15) is 18.8 Å². The van der Waals surface area contributed by atoms with Crippen LogP contribution in [0, 0.1) is 0 Å². The predicted molar refractivity (Wildman–Crippen MR) is 52.2 cm³/mol. The highest BCUT2D eigenvalue weighted by Crippen LogP contribution is 2.14. The van der Waals surface area contributed by atoms with Crippen LogP contribution in [-0.4, -0.2) is 20.2 Å². The second-order valence-corrected chi connectivity index (χ2v) is 3.07. The van der Waals surface area contributed by atoms with Gasteiger partial charge in [0.05, 0.1) is 6.04 Å². The second kappa shape index (κ2) is 3.55. The molecule has 0 amide bonds. The van der Waals surface area contributed by atoms with E-state index in [0.29, 0.717) is 11.6 Å². The van der Waals surface area contributed by atoms with E-state index in [2.05, 4.69) is 20.2 Å². The SMILES string of the molecule is C[C@H](N)c1nc(-c2ccncc2)n[nH]1. The minimum absolute atomic E-state index is 0.127. The summed E-state index contributed by atoms with van der Waals surface area (Å²) in [5.74, 6) is 1.34. The summed E-state index contributed by atoms with van der Waals surface area (Å²) in [6.07, 6.45) is 3.41. The molecule has 5 nitrogen and oxygen atoms in total. The number of aromatic nitrogens is 4. The summed E-state index contributed by atoms with van der Waals surface area (Å²) in [6, 6.07) is 3.58. The van der Waals surface area contributed by atoms with Crippen molar-refractivity contribution in [3.63, 3.8) is 0 Å². The van der Waals surface area contributed by atoms with Crippen LogP contribution in [0.5, 0.6) is 0 Å². The standard InChI is InChI=1S/C9H11N5/c1-6(10)8-12-9(14-13-8)7-2-4-11-5-3-7/h2-6H,10H2,1H3,(H,12,13,14)/t6-/m0/s1. The Labute approximate surface area is 81.4 Å². The number of hydrogen-bond donors (Lipinski definition) is 2. The summed E-state index contributed by atoms with van der Waals surface area (Å²) in [7, 11) is 0. The molecule has 2 aromatic rings. The Morgan fingerprint density at radius 2 is 2.07 bits per heavy atom. The molecular weight excluding hydrogens is 178 g/mol. The lowest BCUT2D eigenvalue weighted by Gasteiger charge is -1.96. The van der Waals surface area contributed by atoms with Gasteiger partial charge in [0, 0.05) is 18.0 Å². The number of nitrogens with zero attached hydrogens (tertiary/aromatic N) is 3. The number of aromatic amines is 1. The van der Waals surface area contributed by atoms with Gasteiger partial charge in [-0.25, -0.2) is 4.98 Å². The fraction of sp³-hybridized carbons (Fsp3) is 0.222. The van der Waals surface area contributed by atoms with Crippen LogP contribution in [0.3, 0.4) is 0 Å². The topological polar surface area (TPSA) is 80.5 Å². The maximum atomic E-state index is 5.66. The van der Waals surface area contributed by atoms with Crippen LogP contribution in [0.4, 0.5) is 0 Å². The van der Waals surface area contributed by atoms with E-state index < -0.39 is 0 Å². The fourth-order valence-corrected chi connectivity index (χ4v) is 1.11. The van der Waals surface area contributed by atoms with Crippen molar-refractivity contribution >= 4 is 0 Å². The van der Waals surface area contributed by atoms with Crippen molar-refractivity contribution in [2.75, 3.05) is 0 Å². The molecule has 0 aliphatic heterocycles. The van der Waals surface area contributed by atoms with Gasteiger partial charge < -0.3 is 5.73 Å². The molecule has 0 saturated heterocycles. The first-order valence-electron chi connectivity index (χ1n) is 4.35. The number of rotatable bonds is 2. The average molecular weight is 189 g/mol. The lowest BCUT2D eigenvalue weighted by Crippen LogP contribution is -2.06. The van der Waals surface area contributed by atoms with Gasteiger partial charge in [-0.05, 0) is 19.1 Å². The molecule has 0 fully saturated rings. The van der Waals surface area contributed by atoms with Gasteiger partial charge in [-0.15, -0.1) is 0 Å². The van der Waals surface area contributed by atoms with Crippen molar-refractivity contribution in [3.8, 4) is 11.4 Å². The predicted octanol–water partition coefficient (Wildman–Crippen LogP) is 0.886. The maximum Gasteiger partial charge on any atom is 0.181 e. The van der Waals surface area contributed by atoms with Gasteiger partial charge in [-0.1, -0.05) is 0 Å². The van der Waals surface area contributed by atoms with Crippen LogP contribution in [0.15, 0.2) is 24.5 Å². The molecule has 72 valence electrons. The molecular formula is C9H11N5. The Morgan fingerprint density at radius 1 is 1.36 bits per heavy atom. The van der Waals surface area contributed by atoms with Crippen molar-refractivity contribution < 1.29 is 0 Å². The third-order valence-corrected chi connectivity index (χ3v) is 1.87. The molecule has 14 heavy (non-hydrogen) atoms. The van der Waals surface area contributed by atoms with E-state index in [-0.39, 0.29) is 6.04 Å². The first-order valence-corrected chi connectivity index (χ1v) is 4.35. The van der Waals surface area contributed by atoms with E-state index in [0.717, 1.165) is 5.56 Å². The molecule has 0 spiro atoms. The van der Waals surface area contributed by atoms with Crippen molar-refractivity contribution in [1.82, 2.24) is 20.2 Å². The van der Waals surface area contributed by atoms with Crippen molar-refractivity contribution in [3.05, 3.63) is 30.4 Å². The number of H-pyrrole nitrogens is 1. The molecule has 0 unspecified atom stereocenters. The smallest absolute Gasteiger partial charge is 0.181 e. The van der Waals surface area contributed by atoms with E-state index in [1.165, 1.54) is 0 Å². The summed E-state index contributed by atoms with van der Waals surface area (Å²) in [5.41, 5.74) is 6.59. The molecule has 0 saturated carbocycles. The summed E-state index contributed by atoms with van der Waals surface area (Å²) in [4.78, 5) is 8.18. The molecule has 3 N–H and O–H groups in total. The third-order valence-electron chi connectivity index (χ3n) is 1.87. The van der Waals surface area contributed by atoms with Crippen molar-refractivity contribution in [1.29, 1.82) is 0 Å². The molecule has 0 radical (unpaired) electrons. The van der Waals surface area contributed by atoms with Crippen LogP contribution >= 0.6 is 0 Å². The monoisotopic (exact) mass is 189 g/mol. The summed E-state index contributed by atoms with van der Waals surface area (Å²) in [5, 5.41) is 6.86. The lowest BCUT2D eigenvalue weighted by atomic mass is 10.2. The van der Waals surface area contributed by atoms with Crippen LogP contribution < -0.4 is 5.73 Å². The van der Waals surface area contributed by atoms with Gasteiger partial charge in [-0.3, -0.25) is 10.1 Å². The molecule has 0 aromatic carbocycles. The lowest BCUT2D eigenvalue weighted by molar-refractivity contribution is 0.745. The largest absolute Gasteiger partial charge is 0.322 e. The maximum absolute atomic E-state index is 5.66. The van der Waals surface area contributed by atoms with E-state index in [1.54, 1.807) is 12.4 Å². The van der Waals surface area contributed by atoms with Gasteiger partial charge in [0.2, 0.25) is 0 Å². The Bertz CT molecular complexity index is 406. The summed E-state index contributed by atoms with van der Waals surface area (Å²) >= 11 is 0. The highest BCUT2D eigenvalue weighted by Gasteiger charge is 2.07. The third kappa shape index (κ3) is 1.62. The van der Waals surface area contributed by atoms with Crippen molar-refractivity contribution in [2.24, 2.45) is 5.73 Å². The summed E-state index contributed by atoms with van der Waals surface area (Å²) in [6.45, 7) is 1.86. The molecule has 2 rings (SSSR count). The van der Waals surface area contributed by atoms with Crippen LogP contribution in [0.25, 0.3) is 11.4 Å². The number of pyridine rings is 1. The average Bonchev–Trinajstić information content (AvgIpc) is 2.68. The Balaban J connectivity index is 2.34. The van der Waals surface area contributed by atoms with Crippen LogP contribution in [-0.2, 0) is 0 Å².